The van der Waals surface area contributed by atoms with Crippen molar-refractivity contribution in [3.63, 3.8) is 0 Å². The van der Waals surface area contributed by atoms with Gasteiger partial charge in [0.1, 0.15) is 0 Å². The topological polar surface area (TPSA) is 84.2 Å². The summed E-state index contributed by atoms with van der Waals surface area (Å²) >= 11 is 0. The predicted octanol–water partition coefficient (Wildman–Crippen LogP) is 1.57. The van der Waals surface area contributed by atoms with Gasteiger partial charge in [0.25, 0.3) is 0 Å². The largest absolute Gasteiger partial charge is 0.330 e. The van der Waals surface area contributed by atoms with Crippen LogP contribution in [0.15, 0.2) is 24.3 Å². The summed E-state index contributed by atoms with van der Waals surface area (Å²) in [5, 5.41) is 5.49. The zero-order chi connectivity index (χ0) is 13.5. The molecule has 0 aliphatic carbocycles. The Morgan fingerprint density at radius 1 is 1.17 bits per heavy atom. The Labute approximate surface area is 107 Å². The standard InChI is InChI=1S/C13H19N3O2/c1-9(2)13(18)16-11-6-4-3-5-10(11)15-12(17)7-8-14/h3-6,9H,7-8,14H2,1-2H3,(H,15,17)(H,16,18). The molecule has 0 unspecified atom stereocenters. The smallest absolute Gasteiger partial charge is 0.226 e. The number of hydrogen-bond acceptors (Lipinski definition) is 3. The van der Waals surface area contributed by atoms with Gasteiger partial charge in [0.15, 0.2) is 0 Å². The normalized spacial score (nSPS) is 10.2. The molecule has 0 aliphatic rings. The molecule has 0 aromatic heterocycles. The number of para-hydroxylation sites is 2. The van der Waals surface area contributed by atoms with Crippen LogP contribution >= 0.6 is 0 Å². The van der Waals surface area contributed by atoms with Gasteiger partial charge < -0.3 is 16.4 Å². The quantitative estimate of drug-likeness (QED) is 0.740. The summed E-state index contributed by atoms with van der Waals surface area (Å²) in [6.45, 7) is 3.92. The van der Waals surface area contributed by atoms with Crippen molar-refractivity contribution in [1.82, 2.24) is 0 Å². The van der Waals surface area contributed by atoms with Crippen molar-refractivity contribution in [1.29, 1.82) is 0 Å². The number of benzene rings is 1. The van der Waals surface area contributed by atoms with E-state index in [-0.39, 0.29) is 24.2 Å². The molecule has 0 bridgehead atoms. The molecular formula is C13H19N3O2. The van der Waals surface area contributed by atoms with Crippen molar-refractivity contribution in [2.45, 2.75) is 20.3 Å². The summed E-state index contributed by atoms with van der Waals surface area (Å²) in [7, 11) is 0. The molecule has 0 radical (unpaired) electrons. The van der Waals surface area contributed by atoms with E-state index in [1.807, 2.05) is 13.8 Å². The van der Waals surface area contributed by atoms with Crippen molar-refractivity contribution in [3.8, 4) is 0 Å². The molecule has 0 heterocycles. The Morgan fingerprint density at radius 3 is 2.22 bits per heavy atom. The Kier molecular flexibility index (Phi) is 5.32. The molecule has 0 fully saturated rings. The van der Waals surface area contributed by atoms with Crippen LogP contribution < -0.4 is 16.4 Å². The average Bonchev–Trinajstić information content (AvgIpc) is 2.31. The number of carbonyl (C=O) groups is 2. The second kappa shape index (κ2) is 6.76. The fraction of sp³-hybridized carbons (Fsp3) is 0.385. The first kappa shape index (κ1) is 14.2. The maximum Gasteiger partial charge on any atom is 0.226 e. The van der Waals surface area contributed by atoms with E-state index in [1.165, 1.54) is 0 Å². The van der Waals surface area contributed by atoms with Gasteiger partial charge in [-0.05, 0) is 12.1 Å². The van der Waals surface area contributed by atoms with Crippen molar-refractivity contribution in [2.24, 2.45) is 11.7 Å². The Hall–Kier alpha value is -1.88. The summed E-state index contributed by atoms with van der Waals surface area (Å²) in [5.41, 5.74) is 6.50. The molecule has 0 saturated heterocycles. The summed E-state index contributed by atoms with van der Waals surface area (Å²) in [4.78, 5) is 23.1. The fourth-order valence-electron chi connectivity index (χ4n) is 1.32. The van der Waals surface area contributed by atoms with E-state index in [0.717, 1.165) is 0 Å². The number of nitrogens with two attached hydrogens (primary N) is 1. The zero-order valence-corrected chi connectivity index (χ0v) is 10.7. The second-order valence-corrected chi connectivity index (χ2v) is 4.28. The second-order valence-electron chi connectivity index (χ2n) is 4.28. The molecule has 18 heavy (non-hydrogen) atoms. The van der Waals surface area contributed by atoms with E-state index in [9.17, 15) is 9.59 Å². The number of nitrogens with one attached hydrogen (secondary N) is 2. The summed E-state index contributed by atoms with van der Waals surface area (Å²) < 4.78 is 0. The maximum absolute atomic E-state index is 11.6. The third-order valence-corrected chi connectivity index (χ3v) is 2.35. The lowest BCUT2D eigenvalue weighted by Crippen LogP contribution is -2.21. The third kappa shape index (κ3) is 4.18. The highest BCUT2D eigenvalue weighted by Crippen LogP contribution is 2.21. The predicted molar refractivity (Wildman–Crippen MR) is 72.2 cm³/mol. The van der Waals surface area contributed by atoms with Crippen LogP contribution in [0.3, 0.4) is 0 Å². The number of rotatable bonds is 5. The minimum absolute atomic E-state index is 0.0875. The van der Waals surface area contributed by atoms with Crippen LogP contribution in [-0.4, -0.2) is 18.4 Å². The van der Waals surface area contributed by atoms with Gasteiger partial charge in [0.2, 0.25) is 11.8 Å². The molecule has 2 amide bonds. The minimum Gasteiger partial charge on any atom is -0.330 e. The van der Waals surface area contributed by atoms with E-state index in [1.54, 1.807) is 24.3 Å². The van der Waals surface area contributed by atoms with E-state index in [0.29, 0.717) is 17.9 Å². The highest BCUT2D eigenvalue weighted by molar-refractivity contribution is 6.00. The van der Waals surface area contributed by atoms with Crippen LogP contribution in [-0.2, 0) is 9.59 Å². The first-order valence-corrected chi connectivity index (χ1v) is 5.94. The van der Waals surface area contributed by atoms with Crippen molar-refractivity contribution >= 4 is 23.2 Å². The SMILES string of the molecule is CC(C)C(=O)Nc1ccccc1NC(=O)CCN. The summed E-state index contributed by atoms with van der Waals surface area (Å²) in [6.07, 6.45) is 0.256. The number of carbonyl (C=O) groups excluding carboxylic acids is 2. The number of anilines is 2. The van der Waals surface area contributed by atoms with E-state index >= 15 is 0 Å². The molecule has 0 aliphatic heterocycles. The van der Waals surface area contributed by atoms with Crippen molar-refractivity contribution < 1.29 is 9.59 Å². The fourth-order valence-corrected chi connectivity index (χ4v) is 1.32. The molecule has 0 spiro atoms. The van der Waals surface area contributed by atoms with E-state index in [4.69, 9.17) is 5.73 Å². The van der Waals surface area contributed by atoms with E-state index in [2.05, 4.69) is 10.6 Å². The number of amides is 2. The molecule has 0 atom stereocenters. The lowest BCUT2D eigenvalue weighted by molar-refractivity contribution is -0.119. The maximum atomic E-state index is 11.6. The highest BCUT2D eigenvalue weighted by atomic mass is 16.2. The van der Waals surface area contributed by atoms with Gasteiger partial charge in [-0.15, -0.1) is 0 Å². The van der Waals surface area contributed by atoms with Gasteiger partial charge in [-0.3, -0.25) is 9.59 Å². The van der Waals surface area contributed by atoms with Crippen LogP contribution in [0.2, 0.25) is 0 Å². The Bertz CT molecular complexity index is 430. The lowest BCUT2D eigenvalue weighted by Gasteiger charge is -2.13. The first-order valence-electron chi connectivity index (χ1n) is 5.94. The minimum atomic E-state index is -0.163. The van der Waals surface area contributed by atoms with Gasteiger partial charge in [0, 0.05) is 18.9 Å². The molecule has 5 heteroatoms. The summed E-state index contributed by atoms with van der Waals surface area (Å²) in [6, 6.07) is 7.08. The van der Waals surface area contributed by atoms with E-state index < -0.39 is 0 Å². The Balaban J connectivity index is 2.79. The highest BCUT2D eigenvalue weighted by Gasteiger charge is 2.11. The molecule has 0 saturated carbocycles. The lowest BCUT2D eigenvalue weighted by atomic mass is 10.2. The van der Waals surface area contributed by atoms with Crippen molar-refractivity contribution in [3.05, 3.63) is 24.3 Å². The molecular weight excluding hydrogens is 230 g/mol. The first-order chi connectivity index (χ1) is 8.54. The number of hydrogen-bond donors (Lipinski definition) is 3. The van der Waals surface area contributed by atoms with Gasteiger partial charge >= 0.3 is 0 Å². The van der Waals surface area contributed by atoms with Crippen molar-refractivity contribution in [2.75, 3.05) is 17.2 Å². The van der Waals surface area contributed by atoms with Crippen LogP contribution in [0.25, 0.3) is 0 Å². The molecule has 4 N–H and O–H groups in total. The van der Waals surface area contributed by atoms with Crippen LogP contribution in [0, 0.1) is 5.92 Å². The molecule has 1 rings (SSSR count). The molecule has 5 nitrogen and oxygen atoms in total. The van der Waals surface area contributed by atoms with Gasteiger partial charge in [-0.25, -0.2) is 0 Å². The van der Waals surface area contributed by atoms with Gasteiger partial charge in [0.05, 0.1) is 11.4 Å². The van der Waals surface area contributed by atoms with Crippen LogP contribution in [0.5, 0.6) is 0 Å². The molecule has 1 aromatic carbocycles. The third-order valence-electron chi connectivity index (χ3n) is 2.35. The zero-order valence-electron chi connectivity index (χ0n) is 10.7. The van der Waals surface area contributed by atoms with Gasteiger partial charge in [-0.1, -0.05) is 26.0 Å². The average molecular weight is 249 g/mol. The Morgan fingerprint density at radius 2 is 1.72 bits per heavy atom. The molecule has 1 aromatic rings. The summed E-state index contributed by atoms with van der Waals surface area (Å²) in [5.74, 6) is -0.364. The molecule has 98 valence electrons. The van der Waals surface area contributed by atoms with Crippen LogP contribution in [0.4, 0.5) is 11.4 Å². The van der Waals surface area contributed by atoms with Gasteiger partial charge in [-0.2, -0.15) is 0 Å². The van der Waals surface area contributed by atoms with Crippen LogP contribution in [0.1, 0.15) is 20.3 Å². The monoisotopic (exact) mass is 249 g/mol.